The quantitative estimate of drug-likeness (QED) is 0.664. The summed E-state index contributed by atoms with van der Waals surface area (Å²) in [5.41, 5.74) is -1.68. The van der Waals surface area contributed by atoms with Gasteiger partial charge >= 0.3 is 12.1 Å². The fourth-order valence-electron chi connectivity index (χ4n) is 2.25. The van der Waals surface area contributed by atoms with E-state index in [0.29, 0.717) is 25.6 Å². The lowest BCUT2D eigenvalue weighted by Crippen LogP contribution is -2.13. The Morgan fingerprint density at radius 2 is 1.88 bits per heavy atom. The van der Waals surface area contributed by atoms with E-state index in [9.17, 15) is 18.0 Å². The number of carbonyl (C=O) groups is 1. The van der Waals surface area contributed by atoms with Crippen molar-refractivity contribution in [2.24, 2.45) is 0 Å². The molecule has 2 aromatic rings. The Bertz CT molecular complexity index is 748. The van der Waals surface area contributed by atoms with E-state index in [2.05, 4.69) is 5.32 Å². The second kappa shape index (κ2) is 8.57. The van der Waals surface area contributed by atoms with Crippen LogP contribution in [-0.2, 0) is 10.9 Å². The van der Waals surface area contributed by atoms with Gasteiger partial charge in [-0.15, -0.1) is 0 Å². The molecule has 0 aliphatic rings. The molecule has 0 aliphatic carbocycles. The number of carboxylic acid groups (broad SMARTS) is 1. The van der Waals surface area contributed by atoms with Crippen LogP contribution in [-0.4, -0.2) is 31.3 Å². The molecule has 0 aliphatic heterocycles. The van der Waals surface area contributed by atoms with Crippen molar-refractivity contribution in [1.29, 1.82) is 0 Å². The summed E-state index contributed by atoms with van der Waals surface area (Å²) in [6.45, 7) is 0.700. The number of anilines is 1. The minimum absolute atomic E-state index is 0.0443. The van der Waals surface area contributed by atoms with Crippen molar-refractivity contribution in [3.8, 4) is 11.5 Å². The van der Waals surface area contributed by atoms with E-state index in [1.165, 1.54) is 19.2 Å². The summed E-state index contributed by atoms with van der Waals surface area (Å²) >= 11 is 0. The summed E-state index contributed by atoms with van der Waals surface area (Å²) < 4.78 is 50.8. The van der Waals surface area contributed by atoms with Crippen LogP contribution in [0.25, 0.3) is 0 Å². The highest BCUT2D eigenvalue weighted by Crippen LogP contribution is 2.43. The molecule has 5 nitrogen and oxygen atoms in total. The summed E-state index contributed by atoms with van der Waals surface area (Å²) in [5.74, 6) is -1.71. The molecule has 0 aromatic heterocycles. The monoisotopic (exact) mass is 369 g/mol. The molecule has 2 rings (SSSR count). The average Bonchev–Trinajstić information content (AvgIpc) is 2.59. The lowest BCUT2D eigenvalue weighted by atomic mass is 10.1. The number of nitrogens with one attached hydrogen (secondary N) is 1. The number of ether oxygens (including phenoxy) is 2. The van der Waals surface area contributed by atoms with Gasteiger partial charge < -0.3 is 19.9 Å². The van der Waals surface area contributed by atoms with Crippen LogP contribution < -0.4 is 10.1 Å². The van der Waals surface area contributed by atoms with Gasteiger partial charge in [0.05, 0.1) is 11.3 Å². The minimum atomic E-state index is -4.78. The predicted octanol–water partition coefficient (Wildman–Crippen LogP) is 4.64. The van der Waals surface area contributed by atoms with E-state index in [-0.39, 0.29) is 11.4 Å². The molecule has 2 N–H and O–H groups in total. The van der Waals surface area contributed by atoms with Crippen molar-refractivity contribution < 1.29 is 32.5 Å². The van der Waals surface area contributed by atoms with Crippen molar-refractivity contribution >= 4 is 11.7 Å². The number of hydrogen-bond donors (Lipinski definition) is 2. The topological polar surface area (TPSA) is 67.8 Å². The van der Waals surface area contributed by atoms with Gasteiger partial charge in [-0.1, -0.05) is 18.2 Å². The minimum Gasteiger partial charge on any atom is -0.478 e. The summed E-state index contributed by atoms with van der Waals surface area (Å²) in [5, 5.41) is 11.9. The smallest absolute Gasteiger partial charge is 0.420 e. The molecular formula is C18H18F3NO4. The maximum absolute atomic E-state index is 13.5. The average molecular weight is 369 g/mol. The first-order valence-electron chi connectivity index (χ1n) is 7.77. The van der Waals surface area contributed by atoms with Gasteiger partial charge in [-0.05, 0) is 30.7 Å². The van der Waals surface area contributed by atoms with E-state index in [1.54, 1.807) is 18.2 Å². The van der Waals surface area contributed by atoms with E-state index in [1.807, 2.05) is 0 Å². The van der Waals surface area contributed by atoms with Crippen LogP contribution in [0.5, 0.6) is 11.5 Å². The van der Waals surface area contributed by atoms with E-state index >= 15 is 0 Å². The Balaban J connectivity index is 2.49. The number of methoxy groups -OCH3 is 1. The lowest BCUT2D eigenvalue weighted by molar-refractivity contribution is -0.138. The third-order valence-corrected chi connectivity index (χ3v) is 3.45. The number of alkyl halides is 3. The van der Waals surface area contributed by atoms with E-state index < -0.39 is 29.0 Å². The summed E-state index contributed by atoms with van der Waals surface area (Å²) in [6.07, 6.45) is -4.25. The number of rotatable bonds is 8. The second-order valence-corrected chi connectivity index (χ2v) is 5.39. The van der Waals surface area contributed by atoms with Crippen molar-refractivity contribution in [1.82, 2.24) is 0 Å². The highest BCUT2D eigenvalue weighted by atomic mass is 19.4. The van der Waals surface area contributed by atoms with Crippen LogP contribution in [0, 0.1) is 0 Å². The molecule has 0 radical (unpaired) electrons. The summed E-state index contributed by atoms with van der Waals surface area (Å²) in [4.78, 5) is 11.2. The molecule has 0 saturated carbocycles. The molecule has 0 heterocycles. The number of benzene rings is 2. The van der Waals surface area contributed by atoms with Crippen molar-refractivity contribution in [2.75, 3.05) is 25.6 Å². The van der Waals surface area contributed by atoms with Crippen molar-refractivity contribution in [2.45, 2.75) is 12.6 Å². The van der Waals surface area contributed by atoms with Crippen molar-refractivity contribution in [3.05, 3.63) is 53.6 Å². The molecule has 26 heavy (non-hydrogen) atoms. The maximum atomic E-state index is 13.5. The summed E-state index contributed by atoms with van der Waals surface area (Å²) in [7, 11) is 1.51. The zero-order chi connectivity index (χ0) is 19.2. The number of hydrogen-bond acceptors (Lipinski definition) is 4. The van der Waals surface area contributed by atoms with Gasteiger partial charge in [0.25, 0.3) is 0 Å². The lowest BCUT2D eigenvalue weighted by Gasteiger charge is -2.19. The Labute approximate surface area is 148 Å². The standard InChI is InChI=1S/C18H18F3NO4/c1-25-9-5-8-22-15-11-12(17(23)24)10-14(18(19,20)21)16(15)26-13-6-3-2-4-7-13/h2-4,6-7,10-11,22H,5,8-9H2,1H3,(H,23,24). The van der Waals surface area contributed by atoms with Gasteiger partial charge in [0, 0.05) is 20.3 Å². The Morgan fingerprint density at radius 1 is 1.19 bits per heavy atom. The van der Waals surface area contributed by atoms with Gasteiger partial charge in [-0.25, -0.2) is 4.79 Å². The first-order valence-corrected chi connectivity index (χ1v) is 7.77. The zero-order valence-electron chi connectivity index (χ0n) is 14.0. The fourth-order valence-corrected chi connectivity index (χ4v) is 2.25. The molecule has 140 valence electrons. The SMILES string of the molecule is COCCCNc1cc(C(=O)O)cc(C(F)(F)F)c1Oc1ccccc1. The van der Waals surface area contributed by atoms with Crippen LogP contribution in [0.1, 0.15) is 22.3 Å². The van der Waals surface area contributed by atoms with Gasteiger partial charge in [-0.3, -0.25) is 0 Å². The zero-order valence-corrected chi connectivity index (χ0v) is 14.0. The van der Waals surface area contributed by atoms with Crippen LogP contribution in [0.15, 0.2) is 42.5 Å². The number of carboxylic acids is 1. The number of halogens is 3. The normalized spacial score (nSPS) is 11.2. The number of para-hydroxylation sites is 1. The predicted molar refractivity (Wildman–Crippen MR) is 89.9 cm³/mol. The molecule has 0 unspecified atom stereocenters. The van der Waals surface area contributed by atoms with E-state index in [4.69, 9.17) is 14.6 Å². The molecule has 0 amide bonds. The van der Waals surface area contributed by atoms with Gasteiger partial charge in [0.2, 0.25) is 0 Å². The Morgan fingerprint density at radius 3 is 2.46 bits per heavy atom. The first-order chi connectivity index (χ1) is 12.3. The highest BCUT2D eigenvalue weighted by Gasteiger charge is 2.37. The van der Waals surface area contributed by atoms with E-state index in [0.717, 1.165) is 6.07 Å². The molecule has 0 spiro atoms. The largest absolute Gasteiger partial charge is 0.478 e. The Hall–Kier alpha value is -2.74. The van der Waals surface area contributed by atoms with Crippen LogP contribution in [0.2, 0.25) is 0 Å². The molecule has 0 bridgehead atoms. The number of aromatic carboxylic acids is 1. The highest BCUT2D eigenvalue weighted by molar-refractivity contribution is 5.90. The van der Waals surface area contributed by atoms with Gasteiger partial charge in [0.15, 0.2) is 5.75 Å². The molecular weight excluding hydrogens is 351 g/mol. The third-order valence-electron chi connectivity index (χ3n) is 3.45. The molecule has 0 atom stereocenters. The first kappa shape index (κ1) is 19.6. The Kier molecular flexibility index (Phi) is 6.46. The fraction of sp³-hybridized carbons (Fsp3) is 0.278. The molecule has 8 heteroatoms. The van der Waals surface area contributed by atoms with Crippen LogP contribution in [0.3, 0.4) is 0 Å². The molecule has 0 saturated heterocycles. The van der Waals surface area contributed by atoms with Crippen LogP contribution in [0.4, 0.5) is 18.9 Å². The van der Waals surface area contributed by atoms with Crippen molar-refractivity contribution in [3.63, 3.8) is 0 Å². The molecule has 2 aromatic carbocycles. The van der Waals surface area contributed by atoms with Crippen LogP contribution >= 0.6 is 0 Å². The second-order valence-electron chi connectivity index (χ2n) is 5.39. The third kappa shape index (κ3) is 5.13. The maximum Gasteiger partial charge on any atom is 0.420 e. The molecule has 0 fully saturated rings. The van der Waals surface area contributed by atoms with Gasteiger partial charge in [-0.2, -0.15) is 13.2 Å². The van der Waals surface area contributed by atoms with Gasteiger partial charge in [0.1, 0.15) is 11.3 Å². The summed E-state index contributed by atoms with van der Waals surface area (Å²) in [6, 6.07) is 9.68.